The van der Waals surface area contributed by atoms with E-state index in [1.54, 1.807) is 18.2 Å². The van der Waals surface area contributed by atoms with Crippen molar-refractivity contribution in [3.05, 3.63) is 78.4 Å². The van der Waals surface area contributed by atoms with E-state index in [4.69, 9.17) is 10.5 Å². The lowest BCUT2D eigenvalue weighted by atomic mass is 10.0. The normalized spacial score (nSPS) is 11.2. The van der Waals surface area contributed by atoms with Crippen molar-refractivity contribution in [1.82, 2.24) is 0 Å². The molecule has 0 atom stereocenters. The zero-order valence-corrected chi connectivity index (χ0v) is 14.7. The predicted molar refractivity (Wildman–Crippen MR) is 100 cm³/mol. The number of hydrogen-bond donors (Lipinski definition) is 1. The van der Waals surface area contributed by atoms with Gasteiger partial charge in [-0.15, -0.1) is 0 Å². The van der Waals surface area contributed by atoms with Gasteiger partial charge in [0.1, 0.15) is 12.4 Å². The molecule has 4 nitrogen and oxygen atoms in total. The minimum absolute atomic E-state index is 0.160. The van der Waals surface area contributed by atoms with Gasteiger partial charge in [-0.3, -0.25) is 0 Å². The number of nitrogens with two attached hydrogens (primary N) is 1. The van der Waals surface area contributed by atoms with Crippen molar-refractivity contribution >= 4 is 15.5 Å². The van der Waals surface area contributed by atoms with E-state index in [9.17, 15) is 8.42 Å². The molecule has 0 spiro atoms. The molecule has 0 aromatic heterocycles. The third-order valence-electron chi connectivity index (χ3n) is 3.83. The minimum Gasteiger partial charge on any atom is -0.489 e. The first-order chi connectivity index (χ1) is 11.9. The number of rotatable bonds is 5. The topological polar surface area (TPSA) is 69.4 Å². The van der Waals surface area contributed by atoms with Crippen molar-refractivity contribution in [2.45, 2.75) is 11.5 Å². The molecule has 0 fully saturated rings. The molecule has 0 heterocycles. The van der Waals surface area contributed by atoms with Gasteiger partial charge in [0.25, 0.3) is 0 Å². The highest BCUT2D eigenvalue weighted by Gasteiger charge is 2.17. The van der Waals surface area contributed by atoms with Gasteiger partial charge in [0, 0.05) is 11.8 Å². The maximum atomic E-state index is 12.1. The molecular weight excluding hydrogens is 334 g/mol. The fourth-order valence-corrected chi connectivity index (χ4v) is 3.75. The second kappa shape index (κ2) is 6.99. The standard InChI is InChI=1S/C20H19NO3S/c1-25(22,23)20-18(8-5-9-19(20)21)16-10-12-17(13-11-16)24-14-15-6-3-2-4-7-15/h2-13H,14,21H2,1H3. The van der Waals surface area contributed by atoms with Crippen molar-refractivity contribution in [1.29, 1.82) is 0 Å². The van der Waals surface area contributed by atoms with E-state index in [0.717, 1.165) is 16.9 Å². The van der Waals surface area contributed by atoms with Crippen molar-refractivity contribution in [2.75, 3.05) is 12.0 Å². The summed E-state index contributed by atoms with van der Waals surface area (Å²) in [5, 5.41) is 0. The van der Waals surface area contributed by atoms with E-state index < -0.39 is 9.84 Å². The van der Waals surface area contributed by atoms with Crippen LogP contribution in [0.1, 0.15) is 5.56 Å². The van der Waals surface area contributed by atoms with Crippen molar-refractivity contribution in [3.63, 3.8) is 0 Å². The molecule has 5 heteroatoms. The third kappa shape index (κ3) is 4.00. The van der Waals surface area contributed by atoms with Gasteiger partial charge < -0.3 is 10.5 Å². The lowest BCUT2D eigenvalue weighted by Gasteiger charge is -2.12. The third-order valence-corrected chi connectivity index (χ3v) is 5.03. The Hall–Kier alpha value is -2.79. The Labute approximate surface area is 147 Å². The Morgan fingerprint density at radius 2 is 1.56 bits per heavy atom. The number of sulfone groups is 1. The SMILES string of the molecule is CS(=O)(=O)c1c(N)cccc1-c1ccc(OCc2ccccc2)cc1. The summed E-state index contributed by atoms with van der Waals surface area (Å²) in [6, 6.07) is 22.3. The smallest absolute Gasteiger partial charge is 0.178 e. The number of ether oxygens (including phenoxy) is 1. The van der Waals surface area contributed by atoms with E-state index in [1.807, 2.05) is 54.6 Å². The Morgan fingerprint density at radius 3 is 2.20 bits per heavy atom. The lowest BCUT2D eigenvalue weighted by molar-refractivity contribution is 0.306. The Morgan fingerprint density at radius 1 is 0.880 bits per heavy atom. The summed E-state index contributed by atoms with van der Waals surface area (Å²) >= 11 is 0. The van der Waals surface area contributed by atoms with Crippen molar-refractivity contribution in [2.24, 2.45) is 0 Å². The van der Waals surface area contributed by atoms with Crippen LogP contribution in [0.4, 0.5) is 5.69 Å². The molecule has 0 amide bonds. The number of anilines is 1. The van der Waals surface area contributed by atoms with E-state index in [0.29, 0.717) is 12.2 Å². The summed E-state index contributed by atoms with van der Waals surface area (Å²) in [6.07, 6.45) is 1.17. The van der Waals surface area contributed by atoms with E-state index in [1.165, 1.54) is 6.26 Å². The maximum absolute atomic E-state index is 12.1. The minimum atomic E-state index is -3.42. The van der Waals surface area contributed by atoms with Crippen LogP contribution < -0.4 is 10.5 Å². The molecular formula is C20H19NO3S. The molecule has 0 aliphatic heterocycles. The summed E-state index contributed by atoms with van der Waals surface area (Å²) < 4.78 is 29.9. The van der Waals surface area contributed by atoms with Gasteiger partial charge in [0.05, 0.1) is 10.6 Å². The zero-order chi connectivity index (χ0) is 17.9. The fourth-order valence-electron chi connectivity index (χ4n) is 2.67. The molecule has 25 heavy (non-hydrogen) atoms. The fraction of sp³-hybridized carbons (Fsp3) is 0.100. The van der Waals surface area contributed by atoms with E-state index in [2.05, 4.69) is 0 Å². The van der Waals surface area contributed by atoms with Gasteiger partial charge in [-0.1, -0.05) is 54.6 Å². The maximum Gasteiger partial charge on any atom is 0.178 e. The van der Waals surface area contributed by atoms with Crippen LogP contribution in [0.25, 0.3) is 11.1 Å². The molecule has 3 aromatic carbocycles. The van der Waals surface area contributed by atoms with Gasteiger partial charge in [0.2, 0.25) is 0 Å². The zero-order valence-electron chi connectivity index (χ0n) is 13.8. The van der Waals surface area contributed by atoms with Gasteiger partial charge in [0.15, 0.2) is 9.84 Å². The van der Waals surface area contributed by atoms with Crippen LogP contribution in [-0.2, 0) is 16.4 Å². The molecule has 0 aliphatic carbocycles. The van der Waals surface area contributed by atoms with Gasteiger partial charge in [-0.2, -0.15) is 0 Å². The average molecular weight is 353 g/mol. The molecule has 0 radical (unpaired) electrons. The first kappa shape index (κ1) is 17.0. The molecule has 128 valence electrons. The summed E-state index contributed by atoms with van der Waals surface area (Å²) in [6.45, 7) is 0.479. The highest BCUT2D eigenvalue weighted by atomic mass is 32.2. The number of benzene rings is 3. The molecule has 2 N–H and O–H groups in total. The van der Waals surface area contributed by atoms with Crippen LogP contribution in [0.3, 0.4) is 0 Å². The van der Waals surface area contributed by atoms with Crippen LogP contribution in [0.5, 0.6) is 5.75 Å². The molecule has 0 aliphatic rings. The number of hydrogen-bond acceptors (Lipinski definition) is 4. The summed E-state index contributed by atoms with van der Waals surface area (Å²) in [7, 11) is -3.42. The lowest BCUT2D eigenvalue weighted by Crippen LogP contribution is -2.04. The van der Waals surface area contributed by atoms with Crippen molar-refractivity contribution < 1.29 is 13.2 Å². The summed E-state index contributed by atoms with van der Waals surface area (Å²) in [5.74, 6) is 0.720. The first-order valence-electron chi connectivity index (χ1n) is 7.81. The second-order valence-corrected chi connectivity index (χ2v) is 7.75. The van der Waals surface area contributed by atoms with E-state index >= 15 is 0 Å². The van der Waals surface area contributed by atoms with Crippen molar-refractivity contribution in [3.8, 4) is 16.9 Å². The number of nitrogen functional groups attached to an aromatic ring is 1. The Balaban J connectivity index is 1.85. The van der Waals surface area contributed by atoms with Gasteiger partial charge >= 0.3 is 0 Å². The van der Waals surface area contributed by atoms with Crippen LogP contribution in [0.2, 0.25) is 0 Å². The quantitative estimate of drug-likeness (QED) is 0.706. The van der Waals surface area contributed by atoms with Crippen LogP contribution in [-0.4, -0.2) is 14.7 Å². The highest BCUT2D eigenvalue weighted by Crippen LogP contribution is 2.32. The van der Waals surface area contributed by atoms with Gasteiger partial charge in [-0.25, -0.2) is 8.42 Å². The van der Waals surface area contributed by atoms with Crippen LogP contribution in [0, 0.1) is 0 Å². The first-order valence-corrected chi connectivity index (χ1v) is 9.70. The largest absolute Gasteiger partial charge is 0.489 e. The van der Waals surface area contributed by atoms with Crippen LogP contribution >= 0.6 is 0 Å². The average Bonchev–Trinajstić information content (AvgIpc) is 2.60. The monoisotopic (exact) mass is 353 g/mol. The molecule has 3 aromatic rings. The summed E-state index contributed by atoms with van der Waals surface area (Å²) in [5.41, 5.74) is 8.59. The molecule has 0 bridgehead atoms. The van der Waals surface area contributed by atoms with E-state index in [-0.39, 0.29) is 10.6 Å². The molecule has 0 saturated carbocycles. The van der Waals surface area contributed by atoms with Gasteiger partial charge in [-0.05, 0) is 29.3 Å². The predicted octanol–water partition coefficient (Wildman–Crippen LogP) is 3.92. The Bertz CT molecular complexity index is 966. The molecule has 0 unspecified atom stereocenters. The summed E-state index contributed by atoms with van der Waals surface area (Å²) in [4.78, 5) is 0.160. The molecule has 3 rings (SSSR count). The van der Waals surface area contributed by atoms with Crippen LogP contribution in [0.15, 0.2) is 77.7 Å². The second-order valence-electron chi connectivity index (χ2n) is 5.79. The highest BCUT2D eigenvalue weighted by molar-refractivity contribution is 7.91. The Kier molecular flexibility index (Phi) is 4.76. The molecule has 0 saturated heterocycles.